The Kier molecular flexibility index (Phi) is 4.60. The Morgan fingerprint density at radius 3 is 2.50 bits per heavy atom. The minimum Gasteiger partial charge on any atom is -0.506 e. The number of rotatable bonds is 3. The van der Waals surface area contributed by atoms with E-state index >= 15 is 0 Å². The Hall–Kier alpha value is -2.64. The van der Waals surface area contributed by atoms with E-state index in [2.05, 4.69) is 10.3 Å². The fourth-order valence-electron chi connectivity index (χ4n) is 2.53. The smallest absolute Gasteiger partial charge is 0.206 e. The van der Waals surface area contributed by atoms with Crippen molar-refractivity contribution < 1.29 is 18.7 Å². The summed E-state index contributed by atoms with van der Waals surface area (Å²) in [5, 5.41) is 12.2. The molecule has 0 atom stereocenters. The van der Waals surface area contributed by atoms with Gasteiger partial charge in [0.1, 0.15) is 28.8 Å². The lowest BCUT2D eigenvalue weighted by Crippen LogP contribution is -2.18. The molecular formula is C17H10Cl2F2N2O3. The highest BCUT2D eigenvalue weighted by Crippen LogP contribution is 2.36. The number of ketones is 1. The van der Waals surface area contributed by atoms with Crippen molar-refractivity contribution in [2.75, 3.05) is 5.32 Å². The Bertz CT molecular complexity index is 1130. The number of halogens is 4. The third kappa shape index (κ3) is 3.00. The van der Waals surface area contributed by atoms with Crippen LogP contribution in [0.2, 0.25) is 10.0 Å². The van der Waals surface area contributed by atoms with Gasteiger partial charge in [-0.1, -0.05) is 23.2 Å². The van der Waals surface area contributed by atoms with Crippen LogP contribution in [0.3, 0.4) is 0 Å². The van der Waals surface area contributed by atoms with E-state index in [1.54, 1.807) is 0 Å². The Morgan fingerprint density at radius 1 is 1.19 bits per heavy atom. The average Bonchev–Trinajstić information content (AvgIpc) is 2.54. The summed E-state index contributed by atoms with van der Waals surface area (Å²) in [7, 11) is 0. The van der Waals surface area contributed by atoms with Crippen LogP contribution >= 0.6 is 23.2 Å². The van der Waals surface area contributed by atoms with Crippen LogP contribution in [0.15, 0.2) is 29.1 Å². The van der Waals surface area contributed by atoms with Crippen molar-refractivity contribution in [1.29, 1.82) is 0 Å². The van der Waals surface area contributed by atoms with E-state index in [1.807, 2.05) is 0 Å². The van der Waals surface area contributed by atoms with E-state index in [9.17, 15) is 23.5 Å². The molecule has 0 spiro atoms. The molecule has 1 aromatic heterocycles. The van der Waals surface area contributed by atoms with E-state index in [0.717, 1.165) is 19.1 Å². The molecule has 134 valence electrons. The molecule has 3 rings (SSSR count). The van der Waals surface area contributed by atoms with Crippen LogP contribution in [0.5, 0.6) is 5.75 Å². The molecule has 0 saturated carbocycles. The van der Waals surface area contributed by atoms with E-state index < -0.39 is 28.6 Å². The van der Waals surface area contributed by atoms with Crippen molar-refractivity contribution in [3.05, 3.63) is 61.7 Å². The molecule has 3 N–H and O–H groups in total. The highest BCUT2D eigenvalue weighted by Gasteiger charge is 2.22. The number of carbonyl (C=O) groups excluding carboxylic acids is 1. The second-order valence-electron chi connectivity index (χ2n) is 5.45. The van der Waals surface area contributed by atoms with E-state index in [-0.39, 0.29) is 38.0 Å². The first-order valence-electron chi connectivity index (χ1n) is 7.20. The number of phenols is 1. The zero-order chi connectivity index (χ0) is 19.2. The van der Waals surface area contributed by atoms with Gasteiger partial charge in [-0.05, 0) is 25.1 Å². The minimum absolute atomic E-state index is 0.00795. The molecule has 9 heteroatoms. The molecule has 0 fully saturated rings. The number of hydrogen-bond acceptors (Lipinski definition) is 4. The average molecular weight is 399 g/mol. The van der Waals surface area contributed by atoms with Crippen LogP contribution in [0.25, 0.3) is 10.9 Å². The molecule has 0 aliphatic heterocycles. The number of aromatic hydroxyl groups is 1. The number of hydrogen-bond donors (Lipinski definition) is 3. The third-order valence-electron chi connectivity index (χ3n) is 3.70. The van der Waals surface area contributed by atoms with E-state index in [1.165, 1.54) is 6.07 Å². The fourth-order valence-corrected chi connectivity index (χ4v) is 3.04. The van der Waals surface area contributed by atoms with Crippen LogP contribution in [-0.4, -0.2) is 15.9 Å². The van der Waals surface area contributed by atoms with Gasteiger partial charge >= 0.3 is 0 Å². The van der Waals surface area contributed by atoms with E-state index in [0.29, 0.717) is 6.07 Å². The lowest BCUT2D eigenvalue weighted by atomic mass is 10.1. The van der Waals surface area contributed by atoms with Gasteiger partial charge in [0.2, 0.25) is 5.43 Å². The van der Waals surface area contributed by atoms with E-state index in [4.69, 9.17) is 23.2 Å². The highest BCUT2D eigenvalue weighted by atomic mass is 35.5. The summed E-state index contributed by atoms with van der Waals surface area (Å²) < 4.78 is 27.0. The molecule has 0 aliphatic rings. The molecule has 0 radical (unpaired) electrons. The summed E-state index contributed by atoms with van der Waals surface area (Å²) >= 11 is 11.9. The van der Waals surface area contributed by atoms with Gasteiger partial charge in [0.05, 0.1) is 26.6 Å². The van der Waals surface area contributed by atoms with Crippen molar-refractivity contribution in [2.24, 2.45) is 0 Å². The van der Waals surface area contributed by atoms with Crippen LogP contribution in [0.4, 0.5) is 20.3 Å². The molecule has 3 aromatic rings. The molecule has 0 amide bonds. The number of fused-ring (bicyclic) bond motifs is 1. The molecule has 5 nitrogen and oxygen atoms in total. The summed E-state index contributed by atoms with van der Waals surface area (Å²) in [6.07, 6.45) is 0. The second-order valence-corrected chi connectivity index (χ2v) is 6.26. The zero-order valence-electron chi connectivity index (χ0n) is 13.1. The standard InChI is InChI=1S/C17H10Cl2F2N2O3/c1-6(24)12-16(26)13-14(8(18)5-9(19)15(13)25)23-17(12)22-11-3-2-7(20)4-10(11)21/h2-5,25H,1H3,(H2,22,23,26). The Morgan fingerprint density at radius 2 is 1.88 bits per heavy atom. The molecule has 0 aliphatic carbocycles. The summed E-state index contributed by atoms with van der Waals surface area (Å²) in [5.41, 5.74) is -1.36. The molecule has 0 saturated heterocycles. The van der Waals surface area contributed by atoms with Gasteiger partial charge in [-0.25, -0.2) is 8.78 Å². The number of H-pyrrole nitrogens is 1. The predicted molar refractivity (Wildman–Crippen MR) is 95.9 cm³/mol. The highest BCUT2D eigenvalue weighted by molar-refractivity contribution is 6.39. The van der Waals surface area contributed by atoms with Crippen molar-refractivity contribution in [3.63, 3.8) is 0 Å². The first kappa shape index (κ1) is 18.2. The van der Waals surface area contributed by atoms with Gasteiger partial charge in [0.15, 0.2) is 5.78 Å². The van der Waals surface area contributed by atoms with Crippen LogP contribution < -0.4 is 10.7 Å². The second kappa shape index (κ2) is 6.59. The third-order valence-corrected chi connectivity index (χ3v) is 4.29. The lowest BCUT2D eigenvalue weighted by molar-refractivity contribution is 0.101. The number of anilines is 2. The van der Waals surface area contributed by atoms with Gasteiger partial charge in [-0.3, -0.25) is 9.59 Å². The monoisotopic (exact) mass is 398 g/mol. The zero-order valence-corrected chi connectivity index (χ0v) is 14.6. The van der Waals surface area contributed by atoms with Gasteiger partial charge in [0, 0.05) is 6.07 Å². The number of aromatic nitrogens is 1. The molecule has 26 heavy (non-hydrogen) atoms. The molecular weight excluding hydrogens is 389 g/mol. The molecule has 0 unspecified atom stereocenters. The molecule has 0 bridgehead atoms. The number of phenolic OH excluding ortho intramolecular Hbond substituents is 1. The Labute approximate surface area is 155 Å². The van der Waals surface area contributed by atoms with Crippen molar-refractivity contribution in [1.82, 2.24) is 4.98 Å². The normalized spacial score (nSPS) is 11.0. The maximum Gasteiger partial charge on any atom is 0.206 e. The largest absolute Gasteiger partial charge is 0.506 e. The van der Waals surface area contributed by atoms with Gasteiger partial charge in [-0.15, -0.1) is 0 Å². The molecule has 1 heterocycles. The number of nitrogens with one attached hydrogen (secondary N) is 2. The van der Waals surface area contributed by atoms with Gasteiger partial charge in [0.25, 0.3) is 0 Å². The van der Waals surface area contributed by atoms with Crippen molar-refractivity contribution >= 4 is 51.4 Å². The summed E-state index contributed by atoms with van der Waals surface area (Å²) in [4.78, 5) is 27.4. The van der Waals surface area contributed by atoms with Crippen LogP contribution in [0.1, 0.15) is 17.3 Å². The quantitative estimate of drug-likeness (QED) is 0.555. The summed E-state index contributed by atoms with van der Waals surface area (Å²) in [6.45, 7) is 1.13. The fraction of sp³-hybridized carbons (Fsp3) is 0.0588. The topological polar surface area (TPSA) is 82.2 Å². The van der Waals surface area contributed by atoms with Crippen molar-refractivity contribution in [2.45, 2.75) is 6.92 Å². The van der Waals surface area contributed by atoms with Gasteiger partial charge < -0.3 is 15.4 Å². The van der Waals surface area contributed by atoms with Crippen molar-refractivity contribution in [3.8, 4) is 5.75 Å². The summed E-state index contributed by atoms with van der Waals surface area (Å²) in [5.74, 6) is -3.04. The SMILES string of the molecule is CC(=O)c1c(Nc2ccc(F)cc2F)[nH]c2c(Cl)cc(Cl)c(O)c2c1=O. The summed E-state index contributed by atoms with van der Waals surface area (Å²) in [6, 6.07) is 3.98. The maximum atomic E-state index is 13.9. The number of Topliss-reactive ketones (excluding diaryl/α,β-unsaturated/α-hetero) is 1. The first-order valence-corrected chi connectivity index (χ1v) is 7.96. The van der Waals surface area contributed by atoms with Crippen LogP contribution in [0, 0.1) is 11.6 Å². The number of pyridine rings is 1. The predicted octanol–water partition coefficient (Wildman–Crippen LogP) is 4.76. The minimum atomic E-state index is -0.925. The lowest BCUT2D eigenvalue weighted by Gasteiger charge is -2.14. The first-order chi connectivity index (χ1) is 12.2. The van der Waals surface area contributed by atoms with Gasteiger partial charge in [-0.2, -0.15) is 0 Å². The molecule has 2 aromatic carbocycles. The Balaban J connectivity index is 2.33. The maximum absolute atomic E-state index is 13.9. The van der Waals surface area contributed by atoms with Crippen LogP contribution in [-0.2, 0) is 0 Å². The number of aromatic amines is 1. The number of benzene rings is 2. The number of carbonyl (C=O) groups is 1.